The summed E-state index contributed by atoms with van der Waals surface area (Å²) in [6, 6.07) is 1.80. The van der Waals surface area contributed by atoms with Crippen molar-refractivity contribution in [1.82, 2.24) is 0 Å². The molecule has 10 heavy (non-hydrogen) atoms. The van der Waals surface area contributed by atoms with E-state index in [0.29, 0.717) is 0 Å². The zero-order valence-electron chi connectivity index (χ0n) is 5.57. The van der Waals surface area contributed by atoms with Crippen molar-refractivity contribution in [1.29, 1.82) is 0 Å². The molecule has 0 atom stereocenters. The van der Waals surface area contributed by atoms with Gasteiger partial charge in [-0.05, 0) is 11.4 Å². The fourth-order valence-corrected chi connectivity index (χ4v) is 1.20. The van der Waals surface area contributed by atoms with E-state index >= 15 is 0 Å². The predicted octanol–water partition coefficient (Wildman–Crippen LogP) is 0.975. The van der Waals surface area contributed by atoms with E-state index in [1.165, 1.54) is 18.3 Å². The van der Waals surface area contributed by atoms with Crippen molar-refractivity contribution in [2.24, 2.45) is 5.84 Å². The SMILES string of the molecule is CC(=O)N(N)c1ccsc1. The van der Waals surface area contributed by atoms with Gasteiger partial charge in [-0.2, -0.15) is 11.3 Å². The van der Waals surface area contributed by atoms with Crippen molar-refractivity contribution in [2.75, 3.05) is 5.01 Å². The number of nitrogens with two attached hydrogens (primary N) is 1. The van der Waals surface area contributed by atoms with Crippen LogP contribution in [-0.2, 0) is 4.79 Å². The first-order chi connectivity index (χ1) is 4.72. The van der Waals surface area contributed by atoms with Crippen molar-refractivity contribution in [3.63, 3.8) is 0 Å². The lowest BCUT2D eigenvalue weighted by atomic mass is 10.5. The highest BCUT2D eigenvalue weighted by Gasteiger charge is 2.04. The third-order valence-electron chi connectivity index (χ3n) is 1.12. The smallest absolute Gasteiger partial charge is 0.238 e. The molecule has 0 spiro atoms. The minimum Gasteiger partial charge on any atom is -0.273 e. The maximum absolute atomic E-state index is 10.6. The van der Waals surface area contributed by atoms with Gasteiger partial charge in [0, 0.05) is 12.3 Å². The number of anilines is 1. The van der Waals surface area contributed by atoms with E-state index in [4.69, 9.17) is 5.84 Å². The summed E-state index contributed by atoms with van der Waals surface area (Å²) in [5, 5.41) is 4.82. The van der Waals surface area contributed by atoms with Crippen LogP contribution in [-0.4, -0.2) is 5.91 Å². The molecule has 0 saturated carbocycles. The molecule has 3 nitrogen and oxygen atoms in total. The quantitative estimate of drug-likeness (QED) is 0.374. The first-order valence-corrected chi connectivity index (χ1v) is 3.73. The number of thiophene rings is 1. The number of hydrogen-bond acceptors (Lipinski definition) is 3. The standard InChI is InChI=1S/C6H8N2OS/c1-5(9)8(7)6-2-3-10-4-6/h2-4H,7H2,1H3. The Labute approximate surface area is 63.0 Å². The summed E-state index contributed by atoms with van der Waals surface area (Å²) in [5.41, 5.74) is 0.748. The van der Waals surface area contributed by atoms with Gasteiger partial charge >= 0.3 is 0 Å². The Morgan fingerprint density at radius 1 is 1.80 bits per heavy atom. The molecule has 1 heterocycles. The van der Waals surface area contributed by atoms with E-state index < -0.39 is 0 Å². The van der Waals surface area contributed by atoms with Gasteiger partial charge in [-0.25, -0.2) is 10.9 Å². The maximum Gasteiger partial charge on any atom is 0.238 e. The highest BCUT2D eigenvalue weighted by molar-refractivity contribution is 7.08. The summed E-state index contributed by atoms with van der Waals surface area (Å²) in [5.74, 6) is 5.22. The Hall–Kier alpha value is -0.870. The van der Waals surface area contributed by atoms with Crippen molar-refractivity contribution in [2.45, 2.75) is 6.92 Å². The van der Waals surface area contributed by atoms with Crippen LogP contribution in [0.15, 0.2) is 16.8 Å². The Morgan fingerprint density at radius 3 is 2.90 bits per heavy atom. The molecule has 1 aromatic heterocycles. The molecule has 1 amide bonds. The molecule has 54 valence electrons. The molecule has 0 aliphatic carbocycles. The Morgan fingerprint density at radius 2 is 2.50 bits per heavy atom. The van der Waals surface area contributed by atoms with E-state index in [9.17, 15) is 4.79 Å². The van der Waals surface area contributed by atoms with E-state index in [2.05, 4.69) is 0 Å². The molecule has 4 heteroatoms. The lowest BCUT2D eigenvalue weighted by molar-refractivity contribution is -0.116. The van der Waals surface area contributed by atoms with Gasteiger partial charge < -0.3 is 0 Å². The van der Waals surface area contributed by atoms with Crippen LogP contribution in [0, 0.1) is 0 Å². The maximum atomic E-state index is 10.6. The second-order valence-electron chi connectivity index (χ2n) is 1.87. The molecule has 1 rings (SSSR count). The summed E-state index contributed by atoms with van der Waals surface area (Å²) >= 11 is 1.51. The monoisotopic (exact) mass is 156 g/mol. The zero-order chi connectivity index (χ0) is 7.56. The first-order valence-electron chi connectivity index (χ1n) is 2.79. The lowest BCUT2D eigenvalue weighted by Gasteiger charge is -2.10. The van der Waals surface area contributed by atoms with Gasteiger partial charge in [0.2, 0.25) is 5.91 Å². The van der Waals surface area contributed by atoms with Gasteiger partial charge in [-0.1, -0.05) is 0 Å². The summed E-state index contributed by atoms with van der Waals surface area (Å²) in [6.45, 7) is 1.43. The molecular weight excluding hydrogens is 148 g/mol. The predicted molar refractivity (Wildman–Crippen MR) is 41.7 cm³/mol. The van der Waals surface area contributed by atoms with Crippen LogP contribution < -0.4 is 10.9 Å². The zero-order valence-corrected chi connectivity index (χ0v) is 6.39. The molecule has 0 aliphatic heterocycles. The largest absolute Gasteiger partial charge is 0.273 e. The van der Waals surface area contributed by atoms with Crippen molar-refractivity contribution in [3.05, 3.63) is 16.8 Å². The van der Waals surface area contributed by atoms with Gasteiger partial charge in [0.1, 0.15) is 0 Å². The Kier molecular flexibility index (Phi) is 2.03. The number of nitrogens with zero attached hydrogens (tertiary/aromatic N) is 1. The third kappa shape index (κ3) is 1.34. The number of carbonyl (C=O) groups is 1. The van der Waals surface area contributed by atoms with Crippen molar-refractivity contribution >= 4 is 22.9 Å². The number of rotatable bonds is 1. The van der Waals surface area contributed by atoms with Crippen molar-refractivity contribution < 1.29 is 4.79 Å². The van der Waals surface area contributed by atoms with Crippen LogP contribution in [0.1, 0.15) is 6.92 Å². The summed E-state index contributed by atoms with van der Waals surface area (Å²) < 4.78 is 0. The average molecular weight is 156 g/mol. The molecule has 0 aromatic carbocycles. The molecule has 0 radical (unpaired) electrons. The number of carbonyl (C=O) groups excluding carboxylic acids is 1. The van der Waals surface area contributed by atoms with Crippen LogP contribution >= 0.6 is 11.3 Å². The van der Waals surface area contributed by atoms with Crippen LogP contribution in [0.25, 0.3) is 0 Å². The van der Waals surface area contributed by atoms with Crippen molar-refractivity contribution in [3.8, 4) is 0 Å². The second kappa shape index (κ2) is 2.81. The first kappa shape index (κ1) is 7.24. The van der Waals surface area contributed by atoms with Crippen LogP contribution in [0.3, 0.4) is 0 Å². The van der Waals surface area contributed by atoms with Gasteiger partial charge in [-0.3, -0.25) is 4.79 Å². The molecule has 0 unspecified atom stereocenters. The normalized spacial score (nSPS) is 9.40. The van der Waals surface area contributed by atoms with E-state index in [-0.39, 0.29) is 5.91 Å². The van der Waals surface area contributed by atoms with Crippen LogP contribution in [0.5, 0.6) is 0 Å². The van der Waals surface area contributed by atoms with Gasteiger partial charge in [-0.15, -0.1) is 0 Å². The summed E-state index contributed by atoms with van der Waals surface area (Å²) in [4.78, 5) is 10.6. The number of amides is 1. The molecule has 0 bridgehead atoms. The van der Waals surface area contributed by atoms with Gasteiger partial charge in [0.25, 0.3) is 0 Å². The Bertz CT molecular complexity index is 220. The highest BCUT2D eigenvalue weighted by atomic mass is 32.1. The summed E-state index contributed by atoms with van der Waals surface area (Å²) in [7, 11) is 0. The van der Waals surface area contributed by atoms with E-state index in [1.54, 1.807) is 6.07 Å². The van der Waals surface area contributed by atoms with E-state index in [0.717, 1.165) is 10.7 Å². The highest BCUT2D eigenvalue weighted by Crippen LogP contribution is 2.14. The number of hydrazine groups is 1. The topological polar surface area (TPSA) is 46.3 Å². The molecule has 2 N–H and O–H groups in total. The second-order valence-corrected chi connectivity index (χ2v) is 2.65. The third-order valence-corrected chi connectivity index (χ3v) is 1.79. The minimum atomic E-state index is -0.154. The van der Waals surface area contributed by atoms with Crippen LogP contribution in [0.2, 0.25) is 0 Å². The fourth-order valence-electron chi connectivity index (χ4n) is 0.576. The van der Waals surface area contributed by atoms with Gasteiger partial charge in [0.15, 0.2) is 0 Å². The van der Waals surface area contributed by atoms with Gasteiger partial charge in [0.05, 0.1) is 5.69 Å². The van der Waals surface area contributed by atoms with Crippen LogP contribution in [0.4, 0.5) is 5.69 Å². The fraction of sp³-hybridized carbons (Fsp3) is 0.167. The number of hydrogen-bond donors (Lipinski definition) is 1. The summed E-state index contributed by atoms with van der Waals surface area (Å²) in [6.07, 6.45) is 0. The molecule has 0 saturated heterocycles. The lowest BCUT2D eigenvalue weighted by Crippen LogP contribution is -2.34. The molecule has 0 fully saturated rings. The molecular formula is C6H8N2OS. The average Bonchev–Trinajstić information content (AvgIpc) is 2.36. The minimum absolute atomic E-state index is 0.154. The molecule has 0 aliphatic rings. The van der Waals surface area contributed by atoms with E-state index in [1.807, 2.05) is 10.8 Å². The molecule has 1 aromatic rings. The Balaban J connectivity index is 2.77.